The molecule has 1 amide bonds. The second-order valence-corrected chi connectivity index (χ2v) is 5.44. The number of rotatable bonds is 7. The Balaban J connectivity index is 2.63. The summed E-state index contributed by atoms with van der Waals surface area (Å²) in [4.78, 5) is 15.8. The van der Waals surface area contributed by atoms with E-state index in [1.807, 2.05) is 6.07 Å². The first-order valence-corrected chi connectivity index (χ1v) is 6.91. The number of carbonyl (C=O) groups is 1. The van der Waals surface area contributed by atoms with Crippen molar-refractivity contribution in [1.29, 1.82) is 0 Å². The predicted molar refractivity (Wildman–Crippen MR) is 85.1 cm³/mol. The lowest BCUT2D eigenvalue weighted by Crippen LogP contribution is -2.23. The molecule has 3 N–H and O–H groups in total. The average molecular weight is 278 g/mol. The van der Waals surface area contributed by atoms with E-state index >= 15 is 0 Å². The summed E-state index contributed by atoms with van der Waals surface area (Å²) in [5, 5.41) is 3.32. The zero-order valence-corrected chi connectivity index (χ0v) is 12.9. The molecule has 0 aliphatic heterocycles. The Morgan fingerprint density at radius 3 is 2.50 bits per heavy atom. The third-order valence-electron chi connectivity index (χ3n) is 3.03. The fourth-order valence-corrected chi connectivity index (χ4v) is 1.91. The molecule has 5 nitrogen and oxygen atoms in total. The Morgan fingerprint density at radius 1 is 1.20 bits per heavy atom. The Bertz CT molecular complexity index is 443. The summed E-state index contributed by atoms with van der Waals surface area (Å²) in [5.74, 6) is -0.0132. The van der Waals surface area contributed by atoms with Crippen LogP contribution in [0, 0.1) is 0 Å². The van der Waals surface area contributed by atoms with E-state index in [-0.39, 0.29) is 5.91 Å². The molecule has 0 aliphatic rings. The lowest BCUT2D eigenvalue weighted by atomic mass is 10.1. The van der Waals surface area contributed by atoms with Gasteiger partial charge in [0, 0.05) is 32.0 Å². The van der Waals surface area contributed by atoms with Gasteiger partial charge in [-0.1, -0.05) is 0 Å². The van der Waals surface area contributed by atoms with Gasteiger partial charge in [0.2, 0.25) is 0 Å². The van der Waals surface area contributed by atoms with Crippen LogP contribution in [-0.2, 0) is 0 Å². The smallest absolute Gasteiger partial charge is 0.255 e. The van der Waals surface area contributed by atoms with Crippen molar-refractivity contribution in [2.75, 3.05) is 52.3 Å². The number of hydrogen-bond acceptors (Lipinski definition) is 4. The highest BCUT2D eigenvalue weighted by Gasteiger charge is 2.13. The monoisotopic (exact) mass is 278 g/mol. The molecule has 0 saturated heterocycles. The van der Waals surface area contributed by atoms with Crippen LogP contribution in [0.2, 0.25) is 0 Å². The van der Waals surface area contributed by atoms with Crippen LogP contribution < -0.4 is 11.1 Å². The minimum absolute atomic E-state index is 0.0132. The van der Waals surface area contributed by atoms with Crippen LogP contribution in [0.1, 0.15) is 23.2 Å². The highest BCUT2D eigenvalue weighted by Crippen LogP contribution is 2.20. The molecule has 0 aromatic heterocycles. The normalized spacial score (nSPS) is 10.7. The van der Waals surface area contributed by atoms with E-state index < -0.39 is 0 Å². The quantitative estimate of drug-likeness (QED) is 0.589. The van der Waals surface area contributed by atoms with Gasteiger partial charge >= 0.3 is 0 Å². The first-order chi connectivity index (χ1) is 9.41. The van der Waals surface area contributed by atoms with E-state index in [0.717, 1.165) is 31.6 Å². The molecule has 0 unspecified atom stereocenters. The van der Waals surface area contributed by atoms with E-state index in [1.54, 1.807) is 31.1 Å². The Kier molecular flexibility index (Phi) is 6.31. The molecule has 0 fully saturated rings. The summed E-state index contributed by atoms with van der Waals surface area (Å²) in [6.45, 7) is 1.91. The largest absolute Gasteiger partial charge is 0.399 e. The minimum atomic E-state index is -0.0132. The van der Waals surface area contributed by atoms with Crippen LogP contribution in [0.15, 0.2) is 18.2 Å². The van der Waals surface area contributed by atoms with Crippen molar-refractivity contribution in [3.63, 3.8) is 0 Å². The summed E-state index contributed by atoms with van der Waals surface area (Å²) in [7, 11) is 7.64. The van der Waals surface area contributed by atoms with Gasteiger partial charge in [0.15, 0.2) is 0 Å². The van der Waals surface area contributed by atoms with Crippen LogP contribution in [-0.4, -0.2) is 57.0 Å². The van der Waals surface area contributed by atoms with E-state index in [0.29, 0.717) is 11.3 Å². The third-order valence-corrected chi connectivity index (χ3v) is 3.03. The number of nitrogens with one attached hydrogen (secondary N) is 1. The standard InChI is InChI=1S/C15H26N4O/c1-18(2)10-6-5-9-17-14-11-12(16)7-8-13(14)15(20)19(3)4/h7-8,11,17H,5-6,9-10,16H2,1-4H3. The highest BCUT2D eigenvalue weighted by atomic mass is 16.2. The van der Waals surface area contributed by atoms with E-state index in [4.69, 9.17) is 5.73 Å². The molecule has 1 rings (SSSR count). The Morgan fingerprint density at radius 2 is 1.90 bits per heavy atom. The van der Waals surface area contributed by atoms with Gasteiger partial charge in [0.25, 0.3) is 5.91 Å². The van der Waals surface area contributed by atoms with Crippen LogP contribution >= 0.6 is 0 Å². The topological polar surface area (TPSA) is 61.6 Å². The van der Waals surface area contributed by atoms with Crippen LogP contribution in [0.25, 0.3) is 0 Å². The highest BCUT2D eigenvalue weighted by molar-refractivity contribution is 5.99. The number of anilines is 2. The Hall–Kier alpha value is -1.75. The van der Waals surface area contributed by atoms with Crippen LogP contribution in [0.3, 0.4) is 0 Å². The summed E-state index contributed by atoms with van der Waals surface area (Å²) >= 11 is 0. The maximum absolute atomic E-state index is 12.1. The molecule has 0 heterocycles. The SMILES string of the molecule is CN(C)CCCCNc1cc(N)ccc1C(=O)N(C)C. The first-order valence-electron chi connectivity index (χ1n) is 6.91. The molecule has 1 aromatic carbocycles. The first kappa shape index (κ1) is 16.3. The minimum Gasteiger partial charge on any atom is -0.399 e. The number of nitrogen functional groups attached to an aromatic ring is 1. The van der Waals surface area contributed by atoms with E-state index in [1.165, 1.54) is 0 Å². The van der Waals surface area contributed by atoms with Gasteiger partial charge in [-0.25, -0.2) is 0 Å². The maximum Gasteiger partial charge on any atom is 0.255 e. The zero-order chi connectivity index (χ0) is 15.1. The molecule has 0 bridgehead atoms. The molecule has 112 valence electrons. The number of hydrogen-bond donors (Lipinski definition) is 2. The van der Waals surface area contributed by atoms with E-state index in [9.17, 15) is 4.79 Å². The zero-order valence-electron chi connectivity index (χ0n) is 12.9. The second-order valence-electron chi connectivity index (χ2n) is 5.44. The molecular formula is C15H26N4O. The van der Waals surface area contributed by atoms with Crippen molar-refractivity contribution < 1.29 is 4.79 Å². The van der Waals surface area contributed by atoms with Crippen molar-refractivity contribution in [3.8, 4) is 0 Å². The molecule has 0 aliphatic carbocycles. The lowest BCUT2D eigenvalue weighted by molar-refractivity contribution is 0.0828. The molecule has 0 spiro atoms. The van der Waals surface area contributed by atoms with Crippen molar-refractivity contribution in [3.05, 3.63) is 23.8 Å². The molecular weight excluding hydrogens is 252 g/mol. The number of carbonyl (C=O) groups excluding carboxylic acids is 1. The third kappa shape index (κ3) is 5.09. The molecule has 0 radical (unpaired) electrons. The maximum atomic E-state index is 12.1. The second kappa shape index (κ2) is 7.75. The molecule has 20 heavy (non-hydrogen) atoms. The van der Waals surface area contributed by atoms with Crippen LogP contribution in [0.4, 0.5) is 11.4 Å². The summed E-state index contributed by atoms with van der Waals surface area (Å²) in [5.41, 5.74) is 7.94. The summed E-state index contributed by atoms with van der Waals surface area (Å²) in [6, 6.07) is 5.36. The molecule has 1 aromatic rings. The average Bonchev–Trinajstić information content (AvgIpc) is 2.37. The van der Waals surface area contributed by atoms with E-state index in [2.05, 4.69) is 24.3 Å². The number of benzene rings is 1. The molecule has 0 atom stereocenters. The predicted octanol–water partition coefficient (Wildman–Crippen LogP) is 1.72. The Labute approximate surface area is 121 Å². The number of nitrogens with zero attached hydrogens (tertiary/aromatic N) is 2. The van der Waals surface area contributed by atoms with Gasteiger partial charge in [0.05, 0.1) is 5.56 Å². The van der Waals surface area contributed by atoms with Gasteiger partial charge in [-0.2, -0.15) is 0 Å². The van der Waals surface area contributed by atoms with Gasteiger partial charge in [-0.05, 0) is 51.7 Å². The fraction of sp³-hybridized carbons (Fsp3) is 0.533. The van der Waals surface area contributed by atoms with Gasteiger partial charge < -0.3 is 20.9 Å². The lowest BCUT2D eigenvalue weighted by Gasteiger charge is -2.16. The van der Waals surface area contributed by atoms with Gasteiger partial charge in [0.1, 0.15) is 0 Å². The van der Waals surface area contributed by atoms with Crippen molar-refractivity contribution in [2.24, 2.45) is 0 Å². The summed E-state index contributed by atoms with van der Waals surface area (Å²) < 4.78 is 0. The number of nitrogens with two attached hydrogens (primary N) is 1. The van der Waals surface area contributed by atoms with Crippen molar-refractivity contribution in [2.45, 2.75) is 12.8 Å². The summed E-state index contributed by atoms with van der Waals surface area (Å²) in [6.07, 6.45) is 2.18. The van der Waals surface area contributed by atoms with Gasteiger partial charge in [-0.3, -0.25) is 4.79 Å². The molecule has 5 heteroatoms. The fourth-order valence-electron chi connectivity index (χ4n) is 1.91. The number of unbranched alkanes of at least 4 members (excludes halogenated alkanes) is 1. The van der Waals surface area contributed by atoms with Gasteiger partial charge in [-0.15, -0.1) is 0 Å². The van der Waals surface area contributed by atoms with Crippen molar-refractivity contribution in [1.82, 2.24) is 9.80 Å². The van der Waals surface area contributed by atoms with Crippen molar-refractivity contribution >= 4 is 17.3 Å². The number of amides is 1. The molecule has 0 saturated carbocycles. The van der Waals surface area contributed by atoms with Crippen LogP contribution in [0.5, 0.6) is 0 Å².